The van der Waals surface area contributed by atoms with Gasteiger partial charge in [-0.15, -0.1) is 0 Å². The van der Waals surface area contributed by atoms with E-state index in [9.17, 15) is 0 Å². The molecule has 0 aromatic carbocycles. The molecule has 0 atom stereocenters. The van der Waals surface area contributed by atoms with Crippen LogP contribution in [0, 0.1) is 6.92 Å². The average molecular weight is 252 g/mol. The molecule has 0 N–H and O–H groups in total. The van der Waals surface area contributed by atoms with Crippen LogP contribution in [0.2, 0.25) is 0 Å². The van der Waals surface area contributed by atoms with Crippen LogP contribution in [0.25, 0.3) is 0 Å². The van der Waals surface area contributed by atoms with Crippen molar-refractivity contribution in [2.75, 3.05) is 26.3 Å². The number of hydrogen-bond donors (Lipinski definition) is 0. The van der Waals surface area contributed by atoms with E-state index in [0.717, 1.165) is 38.5 Å². The minimum absolute atomic E-state index is 0.860. The highest BCUT2D eigenvalue weighted by atomic mass is 16.5. The fourth-order valence-electron chi connectivity index (χ4n) is 1.61. The van der Waals surface area contributed by atoms with Crippen LogP contribution in [0.3, 0.4) is 0 Å². The number of rotatable bonds is 2. The molecule has 1 aliphatic heterocycles. The molecule has 1 aromatic heterocycles. The standard InChI is InChI=1S/C11H16N2O.2C2H6/c1-10-2-3-11(8-12-10)9-13-4-6-14-7-5-13;2*1-2/h2-3,8H,4-7,9H2,1H3;2*1-2H3. The van der Waals surface area contributed by atoms with Crippen molar-refractivity contribution in [1.29, 1.82) is 0 Å². The maximum Gasteiger partial charge on any atom is 0.0594 e. The number of morpholine rings is 1. The van der Waals surface area contributed by atoms with Crippen LogP contribution in [0.15, 0.2) is 18.3 Å². The summed E-state index contributed by atoms with van der Waals surface area (Å²) in [5.74, 6) is 0. The quantitative estimate of drug-likeness (QED) is 0.807. The van der Waals surface area contributed by atoms with Crippen LogP contribution < -0.4 is 0 Å². The molecular weight excluding hydrogens is 224 g/mol. The van der Waals surface area contributed by atoms with Crippen LogP contribution in [0.4, 0.5) is 0 Å². The highest BCUT2D eigenvalue weighted by molar-refractivity contribution is 5.12. The summed E-state index contributed by atoms with van der Waals surface area (Å²) >= 11 is 0. The molecule has 0 aliphatic carbocycles. The van der Waals surface area contributed by atoms with Crippen LogP contribution in [0.5, 0.6) is 0 Å². The normalized spacial score (nSPS) is 14.9. The van der Waals surface area contributed by atoms with E-state index in [1.165, 1.54) is 5.56 Å². The first-order valence-electron chi connectivity index (χ1n) is 7.06. The Bertz CT molecular complexity index is 279. The van der Waals surface area contributed by atoms with E-state index in [2.05, 4.69) is 22.0 Å². The molecule has 18 heavy (non-hydrogen) atoms. The smallest absolute Gasteiger partial charge is 0.0594 e. The molecule has 0 spiro atoms. The highest BCUT2D eigenvalue weighted by Gasteiger charge is 2.10. The summed E-state index contributed by atoms with van der Waals surface area (Å²) in [5.41, 5.74) is 2.37. The van der Waals surface area contributed by atoms with Crippen molar-refractivity contribution in [2.45, 2.75) is 41.2 Å². The first-order valence-corrected chi connectivity index (χ1v) is 7.06. The molecule has 0 saturated carbocycles. The molecule has 1 saturated heterocycles. The van der Waals surface area contributed by atoms with Gasteiger partial charge in [-0.05, 0) is 18.6 Å². The third-order valence-electron chi connectivity index (χ3n) is 2.48. The van der Waals surface area contributed by atoms with Crippen molar-refractivity contribution in [3.8, 4) is 0 Å². The Balaban J connectivity index is 0.000000659. The lowest BCUT2D eigenvalue weighted by Gasteiger charge is -2.26. The third-order valence-corrected chi connectivity index (χ3v) is 2.48. The fourth-order valence-corrected chi connectivity index (χ4v) is 1.61. The van der Waals surface area contributed by atoms with Gasteiger partial charge in [0.05, 0.1) is 13.2 Å². The molecule has 0 amide bonds. The van der Waals surface area contributed by atoms with E-state index < -0.39 is 0 Å². The molecule has 104 valence electrons. The van der Waals surface area contributed by atoms with E-state index in [1.54, 1.807) is 0 Å². The second-order valence-corrected chi connectivity index (χ2v) is 3.70. The molecule has 3 heteroatoms. The summed E-state index contributed by atoms with van der Waals surface area (Å²) in [5, 5.41) is 0. The van der Waals surface area contributed by atoms with Crippen molar-refractivity contribution in [2.24, 2.45) is 0 Å². The SMILES string of the molecule is CC.CC.Cc1ccc(CN2CCOCC2)cn1. The van der Waals surface area contributed by atoms with Gasteiger partial charge < -0.3 is 4.74 Å². The zero-order chi connectivity index (χ0) is 13.8. The molecule has 3 nitrogen and oxygen atoms in total. The molecule has 2 heterocycles. The van der Waals surface area contributed by atoms with Crippen molar-refractivity contribution >= 4 is 0 Å². The van der Waals surface area contributed by atoms with Gasteiger partial charge in [-0.25, -0.2) is 0 Å². The van der Waals surface area contributed by atoms with Gasteiger partial charge in [0.2, 0.25) is 0 Å². The molecular formula is C15H28N2O. The predicted molar refractivity (Wildman–Crippen MR) is 77.8 cm³/mol. The van der Waals surface area contributed by atoms with E-state index in [1.807, 2.05) is 40.8 Å². The molecule has 1 aliphatic rings. The summed E-state index contributed by atoms with van der Waals surface area (Å²) in [7, 11) is 0. The molecule has 1 fully saturated rings. The molecule has 2 rings (SSSR count). The van der Waals surface area contributed by atoms with E-state index in [0.29, 0.717) is 0 Å². The van der Waals surface area contributed by atoms with E-state index >= 15 is 0 Å². The van der Waals surface area contributed by atoms with Gasteiger partial charge >= 0.3 is 0 Å². The van der Waals surface area contributed by atoms with Gasteiger partial charge in [-0.3, -0.25) is 9.88 Å². The fraction of sp³-hybridized carbons (Fsp3) is 0.667. The van der Waals surface area contributed by atoms with Gasteiger partial charge in [0.1, 0.15) is 0 Å². The minimum Gasteiger partial charge on any atom is -0.379 e. The number of pyridine rings is 1. The van der Waals surface area contributed by atoms with E-state index in [4.69, 9.17) is 4.74 Å². The van der Waals surface area contributed by atoms with Crippen LogP contribution in [0.1, 0.15) is 39.0 Å². The Kier molecular flexibility index (Phi) is 10.6. The number of nitrogens with zero attached hydrogens (tertiary/aromatic N) is 2. The maximum atomic E-state index is 5.30. The zero-order valence-corrected chi connectivity index (χ0v) is 12.6. The molecule has 0 bridgehead atoms. The monoisotopic (exact) mass is 252 g/mol. The van der Waals surface area contributed by atoms with Crippen molar-refractivity contribution in [3.05, 3.63) is 29.6 Å². The lowest BCUT2D eigenvalue weighted by Crippen LogP contribution is -2.35. The minimum atomic E-state index is 0.860. The predicted octanol–water partition coefficient (Wildman–Crippen LogP) is 3.27. The highest BCUT2D eigenvalue weighted by Crippen LogP contribution is 2.06. The Labute approximate surface area is 112 Å². The van der Waals surface area contributed by atoms with Crippen molar-refractivity contribution < 1.29 is 4.74 Å². The van der Waals surface area contributed by atoms with Gasteiger partial charge in [0, 0.05) is 31.5 Å². The summed E-state index contributed by atoms with van der Waals surface area (Å²) in [6.07, 6.45) is 1.96. The maximum absolute atomic E-state index is 5.30. The average Bonchev–Trinajstić information content (AvgIpc) is 2.47. The topological polar surface area (TPSA) is 25.4 Å². The lowest BCUT2D eigenvalue weighted by molar-refractivity contribution is 0.0341. The number of ether oxygens (including phenoxy) is 1. The first-order chi connectivity index (χ1) is 8.84. The van der Waals surface area contributed by atoms with E-state index in [-0.39, 0.29) is 0 Å². The van der Waals surface area contributed by atoms with Crippen LogP contribution in [-0.2, 0) is 11.3 Å². The third kappa shape index (κ3) is 6.72. The second kappa shape index (κ2) is 11.2. The number of hydrogen-bond acceptors (Lipinski definition) is 3. The second-order valence-electron chi connectivity index (χ2n) is 3.70. The summed E-state index contributed by atoms with van der Waals surface area (Å²) in [4.78, 5) is 6.69. The summed E-state index contributed by atoms with van der Waals surface area (Å²) < 4.78 is 5.30. The number of aryl methyl sites for hydroxylation is 1. The summed E-state index contributed by atoms with van der Waals surface area (Å²) in [6.45, 7) is 14.8. The van der Waals surface area contributed by atoms with Crippen LogP contribution >= 0.6 is 0 Å². The molecule has 0 radical (unpaired) electrons. The Morgan fingerprint density at radius 2 is 1.72 bits per heavy atom. The Hall–Kier alpha value is -0.930. The lowest BCUT2D eigenvalue weighted by atomic mass is 10.2. The van der Waals surface area contributed by atoms with Crippen molar-refractivity contribution in [3.63, 3.8) is 0 Å². The van der Waals surface area contributed by atoms with Gasteiger partial charge in [0.25, 0.3) is 0 Å². The Morgan fingerprint density at radius 1 is 1.11 bits per heavy atom. The van der Waals surface area contributed by atoms with Gasteiger partial charge in [-0.2, -0.15) is 0 Å². The molecule has 1 aromatic rings. The van der Waals surface area contributed by atoms with Gasteiger partial charge in [-0.1, -0.05) is 33.8 Å². The largest absolute Gasteiger partial charge is 0.379 e. The summed E-state index contributed by atoms with van der Waals surface area (Å²) in [6, 6.07) is 4.22. The van der Waals surface area contributed by atoms with Crippen molar-refractivity contribution in [1.82, 2.24) is 9.88 Å². The number of aromatic nitrogens is 1. The first kappa shape index (κ1) is 17.1. The zero-order valence-electron chi connectivity index (χ0n) is 12.6. The van der Waals surface area contributed by atoms with Gasteiger partial charge in [0.15, 0.2) is 0 Å². The molecule has 0 unspecified atom stereocenters. The van der Waals surface area contributed by atoms with Crippen LogP contribution in [-0.4, -0.2) is 36.2 Å². The Morgan fingerprint density at radius 3 is 2.22 bits per heavy atom.